The molecule has 4 fully saturated rings. The molecule has 128 valence electrons. The first kappa shape index (κ1) is 15.5. The van der Waals surface area contributed by atoms with Crippen LogP contribution in [0.4, 0.5) is 0 Å². The zero-order valence-electron chi connectivity index (χ0n) is 14.3. The molecule has 1 heterocycles. The van der Waals surface area contributed by atoms with E-state index in [0.29, 0.717) is 30.2 Å². The summed E-state index contributed by atoms with van der Waals surface area (Å²) in [7, 11) is 0. The van der Waals surface area contributed by atoms with Crippen molar-refractivity contribution in [3.8, 4) is 0 Å². The minimum atomic E-state index is -0.585. The number of aliphatic carboxylic acids is 1. The van der Waals surface area contributed by atoms with Gasteiger partial charge in [-0.1, -0.05) is 13.8 Å². The van der Waals surface area contributed by atoms with E-state index in [2.05, 4.69) is 19.2 Å². The number of carbonyl (C=O) groups is 2. The van der Waals surface area contributed by atoms with E-state index in [1.165, 1.54) is 0 Å². The van der Waals surface area contributed by atoms with Crippen molar-refractivity contribution in [2.75, 3.05) is 0 Å². The van der Waals surface area contributed by atoms with Crippen molar-refractivity contribution in [1.82, 2.24) is 5.32 Å². The number of hydrogen-bond acceptors (Lipinski definition) is 2. The molecule has 0 spiro atoms. The highest BCUT2D eigenvalue weighted by Crippen LogP contribution is 2.65. The number of nitrogens with one attached hydrogen (secondary N) is 1. The second-order valence-electron chi connectivity index (χ2n) is 9.09. The van der Waals surface area contributed by atoms with Gasteiger partial charge in [0.2, 0.25) is 5.91 Å². The van der Waals surface area contributed by atoms with Crippen LogP contribution in [0.1, 0.15) is 65.2 Å². The van der Waals surface area contributed by atoms with Crippen LogP contribution in [0, 0.1) is 34.5 Å². The third-order valence-electron chi connectivity index (χ3n) is 8.39. The molecule has 2 N–H and O–H groups in total. The summed E-state index contributed by atoms with van der Waals surface area (Å²) in [4.78, 5) is 23.5. The van der Waals surface area contributed by atoms with Crippen LogP contribution in [-0.2, 0) is 9.59 Å². The maximum absolute atomic E-state index is 11.8. The summed E-state index contributed by atoms with van der Waals surface area (Å²) in [6.07, 6.45) is 8.05. The summed E-state index contributed by atoms with van der Waals surface area (Å²) < 4.78 is 0. The number of carboxylic acids is 1. The van der Waals surface area contributed by atoms with E-state index in [0.717, 1.165) is 44.9 Å². The first-order valence-corrected chi connectivity index (χ1v) is 9.38. The van der Waals surface area contributed by atoms with E-state index in [1.807, 2.05) is 0 Å². The summed E-state index contributed by atoms with van der Waals surface area (Å²) in [5.74, 6) is 1.38. The van der Waals surface area contributed by atoms with Gasteiger partial charge in [-0.15, -0.1) is 0 Å². The van der Waals surface area contributed by atoms with Crippen molar-refractivity contribution < 1.29 is 14.7 Å². The van der Waals surface area contributed by atoms with Gasteiger partial charge in [0, 0.05) is 12.5 Å². The van der Waals surface area contributed by atoms with E-state index in [4.69, 9.17) is 0 Å². The fourth-order valence-electron chi connectivity index (χ4n) is 7.11. The fraction of sp³-hybridized carbons (Fsp3) is 0.895. The van der Waals surface area contributed by atoms with Crippen molar-refractivity contribution in [3.05, 3.63) is 0 Å². The number of rotatable bonds is 1. The van der Waals surface area contributed by atoms with Crippen LogP contribution in [0.15, 0.2) is 0 Å². The second kappa shape index (κ2) is 4.97. The summed E-state index contributed by atoms with van der Waals surface area (Å²) in [6.45, 7) is 4.64. The second-order valence-corrected chi connectivity index (χ2v) is 9.09. The molecule has 23 heavy (non-hydrogen) atoms. The number of carbonyl (C=O) groups excluding carboxylic acids is 1. The number of fused-ring (bicyclic) bond motifs is 5. The van der Waals surface area contributed by atoms with E-state index in [1.54, 1.807) is 0 Å². The Balaban J connectivity index is 1.63. The summed E-state index contributed by atoms with van der Waals surface area (Å²) in [5, 5.41) is 12.9. The van der Waals surface area contributed by atoms with Crippen LogP contribution in [0.5, 0.6) is 0 Å². The lowest BCUT2D eigenvalue weighted by Crippen LogP contribution is -2.61. The van der Waals surface area contributed by atoms with Crippen LogP contribution < -0.4 is 5.32 Å². The Hall–Kier alpha value is -1.06. The van der Waals surface area contributed by atoms with Crippen molar-refractivity contribution in [3.63, 3.8) is 0 Å². The normalized spacial score (nSPS) is 52.1. The van der Waals surface area contributed by atoms with Gasteiger partial charge in [-0.05, 0) is 73.5 Å². The average molecular weight is 319 g/mol. The van der Waals surface area contributed by atoms with E-state index in [-0.39, 0.29) is 22.7 Å². The predicted molar refractivity (Wildman–Crippen MR) is 86.7 cm³/mol. The van der Waals surface area contributed by atoms with Gasteiger partial charge < -0.3 is 10.4 Å². The Morgan fingerprint density at radius 1 is 1.04 bits per heavy atom. The number of hydrogen-bond donors (Lipinski definition) is 2. The lowest BCUT2D eigenvalue weighted by Gasteiger charge is -2.60. The van der Waals surface area contributed by atoms with E-state index in [9.17, 15) is 14.7 Å². The van der Waals surface area contributed by atoms with Gasteiger partial charge in [0.15, 0.2) is 0 Å². The van der Waals surface area contributed by atoms with Crippen molar-refractivity contribution >= 4 is 11.9 Å². The topological polar surface area (TPSA) is 66.4 Å². The molecule has 3 aliphatic carbocycles. The van der Waals surface area contributed by atoms with Gasteiger partial charge in [0.1, 0.15) is 0 Å². The SMILES string of the molecule is C[C@]12CCC3[C@@H](CC[C@H]4NC(=O)CC[C@]34C)C1CC[C@@H]2C(=O)O. The highest BCUT2D eigenvalue weighted by Gasteiger charge is 2.61. The molecule has 0 radical (unpaired) electrons. The summed E-state index contributed by atoms with van der Waals surface area (Å²) in [5.41, 5.74) is 0.216. The molecule has 4 nitrogen and oxygen atoms in total. The molecule has 3 saturated carbocycles. The monoisotopic (exact) mass is 319 g/mol. The molecule has 2 unspecified atom stereocenters. The molecule has 4 heteroatoms. The third-order valence-corrected chi connectivity index (χ3v) is 8.39. The van der Waals surface area contributed by atoms with Crippen LogP contribution in [-0.4, -0.2) is 23.0 Å². The van der Waals surface area contributed by atoms with Gasteiger partial charge >= 0.3 is 5.97 Å². The smallest absolute Gasteiger partial charge is 0.307 e. The molecule has 0 bridgehead atoms. The molecule has 4 aliphatic rings. The quantitative estimate of drug-likeness (QED) is 0.780. The lowest BCUT2D eigenvalue weighted by molar-refractivity contribution is -0.152. The number of piperidine rings is 1. The molecule has 1 aliphatic heterocycles. The molecule has 7 atom stereocenters. The Labute approximate surface area is 138 Å². The van der Waals surface area contributed by atoms with Crippen molar-refractivity contribution in [2.45, 2.75) is 71.3 Å². The molecule has 1 saturated heterocycles. The van der Waals surface area contributed by atoms with Crippen LogP contribution in [0.2, 0.25) is 0 Å². The molecule has 1 amide bonds. The van der Waals surface area contributed by atoms with Crippen molar-refractivity contribution in [1.29, 1.82) is 0 Å². The molecule has 0 aromatic rings. The average Bonchev–Trinajstić information content (AvgIpc) is 2.85. The van der Waals surface area contributed by atoms with Gasteiger partial charge in [-0.2, -0.15) is 0 Å². The number of carboxylic acid groups (broad SMARTS) is 1. The minimum absolute atomic E-state index is 0.00584. The standard InChI is InChI=1S/C19H29NO3/c1-18-9-7-13-11(12(18)4-5-14(18)17(22)23)3-6-15-19(13,2)10-8-16(21)20-15/h11-15H,3-10H2,1-2H3,(H,20,21)(H,22,23)/t11-,12?,13?,14+,15+,18-,19+/m0/s1. The fourth-order valence-corrected chi connectivity index (χ4v) is 7.11. The molecule has 4 rings (SSSR count). The Kier molecular flexibility index (Phi) is 3.34. The van der Waals surface area contributed by atoms with Gasteiger partial charge in [-0.3, -0.25) is 9.59 Å². The van der Waals surface area contributed by atoms with Gasteiger partial charge in [0.05, 0.1) is 5.92 Å². The van der Waals surface area contributed by atoms with Crippen molar-refractivity contribution in [2.24, 2.45) is 34.5 Å². The number of amides is 1. The van der Waals surface area contributed by atoms with Crippen LogP contribution in [0.3, 0.4) is 0 Å². The molecule has 0 aromatic heterocycles. The Morgan fingerprint density at radius 3 is 2.52 bits per heavy atom. The predicted octanol–water partition coefficient (Wildman–Crippen LogP) is 3.21. The summed E-state index contributed by atoms with van der Waals surface area (Å²) >= 11 is 0. The maximum Gasteiger partial charge on any atom is 0.307 e. The Morgan fingerprint density at radius 2 is 1.78 bits per heavy atom. The van der Waals surface area contributed by atoms with E-state index < -0.39 is 5.97 Å². The van der Waals surface area contributed by atoms with Gasteiger partial charge in [-0.25, -0.2) is 0 Å². The van der Waals surface area contributed by atoms with Crippen LogP contribution >= 0.6 is 0 Å². The largest absolute Gasteiger partial charge is 0.481 e. The van der Waals surface area contributed by atoms with E-state index >= 15 is 0 Å². The first-order valence-electron chi connectivity index (χ1n) is 9.38. The first-order chi connectivity index (χ1) is 10.9. The summed E-state index contributed by atoms with van der Waals surface area (Å²) in [6, 6.07) is 0.339. The highest BCUT2D eigenvalue weighted by molar-refractivity contribution is 5.77. The Bertz CT molecular complexity index is 547. The lowest BCUT2D eigenvalue weighted by atomic mass is 9.47. The third kappa shape index (κ3) is 2.02. The zero-order valence-corrected chi connectivity index (χ0v) is 14.3. The zero-order chi connectivity index (χ0) is 16.4. The molecule has 0 aromatic carbocycles. The highest BCUT2D eigenvalue weighted by atomic mass is 16.4. The minimum Gasteiger partial charge on any atom is -0.481 e. The molecular weight excluding hydrogens is 290 g/mol. The van der Waals surface area contributed by atoms with Crippen LogP contribution in [0.25, 0.3) is 0 Å². The van der Waals surface area contributed by atoms with Gasteiger partial charge in [0.25, 0.3) is 0 Å². The maximum atomic E-state index is 11.8. The molecular formula is C19H29NO3.